The summed E-state index contributed by atoms with van der Waals surface area (Å²) in [6, 6.07) is -0.787. The Morgan fingerprint density at radius 2 is 1.84 bits per heavy atom. The minimum absolute atomic E-state index is 0.00240. The Morgan fingerprint density at radius 3 is 2.42 bits per heavy atom. The van der Waals surface area contributed by atoms with Gasteiger partial charge in [0.05, 0.1) is 20.3 Å². The molecule has 0 spiro atoms. The van der Waals surface area contributed by atoms with Gasteiger partial charge < -0.3 is 24.6 Å². The highest BCUT2D eigenvalue weighted by Gasteiger charge is 2.73. The quantitative estimate of drug-likeness (QED) is 0.469. The molecule has 10 heteroatoms. The van der Waals surface area contributed by atoms with Crippen LogP contribution in [0.4, 0.5) is 4.79 Å². The summed E-state index contributed by atoms with van der Waals surface area (Å²) in [7, 11) is 2.49. The van der Waals surface area contributed by atoms with Crippen LogP contribution in [-0.4, -0.2) is 78.0 Å². The monoisotopic (exact) mass is 440 g/mol. The standard InChI is InChI=1S/C21H32N2O8/c1-20(2,3)31-19(28)23-8-6-7-12(23)17(26)22-21(18(27)30-5)10-13(24)15-11(16(15)21)9-14(25)29-4/h11-13,15-16,24H,6-10H2,1-5H3,(H,22,26)/t11-,12?,13-,15+,16+,21-/m0/s1. The Bertz CT molecular complexity index is 763. The van der Waals surface area contributed by atoms with E-state index in [0.29, 0.717) is 19.4 Å². The number of nitrogens with one attached hydrogen (secondary N) is 1. The Kier molecular flexibility index (Phi) is 6.23. The summed E-state index contributed by atoms with van der Waals surface area (Å²) in [5.41, 5.74) is -2.15. The number of likely N-dealkylation sites (tertiary alicyclic amines) is 1. The number of aliphatic hydroxyl groups is 1. The van der Waals surface area contributed by atoms with Crippen molar-refractivity contribution in [1.29, 1.82) is 0 Å². The van der Waals surface area contributed by atoms with E-state index in [0.717, 1.165) is 0 Å². The molecule has 31 heavy (non-hydrogen) atoms. The second-order valence-electron chi connectivity index (χ2n) is 9.60. The number of hydrogen-bond donors (Lipinski definition) is 2. The lowest BCUT2D eigenvalue weighted by Crippen LogP contribution is -2.60. The van der Waals surface area contributed by atoms with Gasteiger partial charge in [0, 0.05) is 25.3 Å². The fourth-order valence-electron chi connectivity index (χ4n) is 5.23. The van der Waals surface area contributed by atoms with Crippen LogP contribution in [0.25, 0.3) is 0 Å². The molecule has 10 nitrogen and oxygen atoms in total. The molecule has 2 amide bonds. The number of nitrogens with zero attached hydrogens (tertiary/aromatic N) is 1. The molecule has 1 aliphatic heterocycles. The Balaban J connectivity index is 1.79. The summed E-state index contributed by atoms with van der Waals surface area (Å²) in [5, 5.41) is 13.3. The molecular weight excluding hydrogens is 408 g/mol. The predicted octanol–water partition coefficient (Wildman–Crippen LogP) is 0.604. The second-order valence-corrected chi connectivity index (χ2v) is 9.60. The van der Waals surface area contributed by atoms with Gasteiger partial charge in [-0.3, -0.25) is 14.5 Å². The molecule has 3 aliphatic rings. The van der Waals surface area contributed by atoms with E-state index in [2.05, 4.69) is 5.32 Å². The molecule has 3 fully saturated rings. The van der Waals surface area contributed by atoms with E-state index in [1.165, 1.54) is 19.1 Å². The number of hydrogen-bond acceptors (Lipinski definition) is 8. The van der Waals surface area contributed by atoms with Crippen LogP contribution in [0.5, 0.6) is 0 Å². The van der Waals surface area contributed by atoms with Crippen LogP contribution in [0.1, 0.15) is 46.5 Å². The van der Waals surface area contributed by atoms with Crippen molar-refractivity contribution < 1.29 is 38.5 Å². The number of fused-ring (bicyclic) bond motifs is 1. The van der Waals surface area contributed by atoms with Gasteiger partial charge in [0.25, 0.3) is 0 Å². The van der Waals surface area contributed by atoms with Crippen molar-refractivity contribution in [2.24, 2.45) is 17.8 Å². The van der Waals surface area contributed by atoms with E-state index in [9.17, 15) is 24.3 Å². The first-order chi connectivity index (χ1) is 14.4. The minimum atomic E-state index is -1.45. The predicted molar refractivity (Wildman–Crippen MR) is 107 cm³/mol. The first-order valence-electron chi connectivity index (χ1n) is 10.6. The smallest absolute Gasteiger partial charge is 0.410 e. The number of carbonyl (C=O) groups excluding carboxylic acids is 4. The first kappa shape index (κ1) is 23.3. The van der Waals surface area contributed by atoms with Crippen LogP contribution in [0, 0.1) is 17.8 Å². The lowest BCUT2D eigenvalue weighted by atomic mass is 9.88. The number of rotatable bonds is 5. The van der Waals surface area contributed by atoms with Crippen molar-refractivity contribution in [2.45, 2.75) is 69.7 Å². The maximum Gasteiger partial charge on any atom is 0.410 e. The molecule has 174 valence electrons. The summed E-state index contributed by atoms with van der Waals surface area (Å²) in [6.45, 7) is 5.61. The Labute approximate surface area is 181 Å². The summed E-state index contributed by atoms with van der Waals surface area (Å²) in [4.78, 5) is 51.7. The highest BCUT2D eigenvalue weighted by Crippen LogP contribution is 2.64. The molecule has 0 aromatic carbocycles. The van der Waals surface area contributed by atoms with Crippen LogP contribution < -0.4 is 5.32 Å². The van der Waals surface area contributed by atoms with Crippen LogP contribution in [-0.2, 0) is 28.6 Å². The summed E-state index contributed by atoms with van der Waals surface area (Å²) >= 11 is 0. The third-order valence-electron chi connectivity index (χ3n) is 6.48. The molecule has 0 bridgehead atoms. The van der Waals surface area contributed by atoms with E-state index in [1.54, 1.807) is 20.8 Å². The van der Waals surface area contributed by atoms with Crippen LogP contribution >= 0.6 is 0 Å². The molecule has 1 unspecified atom stereocenters. The Morgan fingerprint density at radius 1 is 1.16 bits per heavy atom. The Hall–Kier alpha value is -2.36. The molecule has 0 radical (unpaired) electrons. The van der Waals surface area contributed by atoms with E-state index < -0.39 is 53.1 Å². The van der Waals surface area contributed by atoms with E-state index in [1.807, 2.05) is 0 Å². The molecule has 1 heterocycles. The molecule has 0 aromatic heterocycles. The van der Waals surface area contributed by atoms with Gasteiger partial charge in [-0.2, -0.15) is 0 Å². The lowest BCUT2D eigenvalue weighted by molar-refractivity contribution is -0.153. The van der Waals surface area contributed by atoms with Gasteiger partial charge in [0.2, 0.25) is 5.91 Å². The number of carbonyl (C=O) groups is 4. The van der Waals surface area contributed by atoms with Gasteiger partial charge in [-0.25, -0.2) is 9.59 Å². The first-order valence-corrected chi connectivity index (χ1v) is 10.6. The van der Waals surface area contributed by atoms with E-state index >= 15 is 0 Å². The van der Waals surface area contributed by atoms with E-state index in [4.69, 9.17) is 14.2 Å². The maximum absolute atomic E-state index is 13.2. The van der Waals surface area contributed by atoms with Crippen LogP contribution in [0.2, 0.25) is 0 Å². The minimum Gasteiger partial charge on any atom is -0.469 e. The number of esters is 2. The average molecular weight is 440 g/mol. The fourth-order valence-corrected chi connectivity index (χ4v) is 5.23. The topological polar surface area (TPSA) is 131 Å². The molecule has 6 atom stereocenters. The second kappa shape index (κ2) is 8.29. The molecule has 2 aliphatic carbocycles. The molecular formula is C21H32N2O8. The normalized spacial score (nSPS) is 34.0. The van der Waals surface area contributed by atoms with E-state index in [-0.39, 0.29) is 24.7 Å². The number of aliphatic hydroxyl groups excluding tert-OH is 1. The zero-order valence-corrected chi connectivity index (χ0v) is 18.7. The highest BCUT2D eigenvalue weighted by molar-refractivity contribution is 5.93. The van der Waals surface area contributed by atoms with Crippen molar-refractivity contribution in [3.8, 4) is 0 Å². The third kappa shape index (κ3) is 4.35. The fraction of sp³-hybridized carbons (Fsp3) is 0.810. The van der Waals surface area contributed by atoms with Gasteiger partial charge >= 0.3 is 18.0 Å². The summed E-state index contributed by atoms with van der Waals surface area (Å²) < 4.78 is 15.1. The SMILES string of the molecule is COC(=O)C[C@H]1[C@H]2[C@@H]1[C@](NC(=O)C1CCCN1C(=O)OC(C)(C)C)(C(=O)OC)C[C@@H]2O. The average Bonchev–Trinajstić information content (AvgIpc) is 3.05. The van der Waals surface area contributed by atoms with Crippen molar-refractivity contribution in [3.05, 3.63) is 0 Å². The molecule has 2 saturated carbocycles. The van der Waals surface area contributed by atoms with Crippen LogP contribution in [0.3, 0.4) is 0 Å². The lowest BCUT2D eigenvalue weighted by Gasteiger charge is -2.34. The number of methoxy groups -OCH3 is 2. The maximum atomic E-state index is 13.2. The zero-order valence-electron chi connectivity index (χ0n) is 18.7. The molecule has 1 saturated heterocycles. The van der Waals surface area contributed by atoms with Crippen molar-refractivity contribution in [3.63, 3.8) is 0 Å². The number of amides is 2. The molecule has 3 rings (SSSR count). The van der Waals surface area contributed by atoms with Crippen molar-refractivity contribution in [2.75, 3.05) is 20.8 Å². The van der Waals surface area contributed by atoms with Gasteiger partial charge in [-0.05, 0) is 45.4 Å². The summed E-state index contributed by atoms with van der Waals surface area (Å²) in [6.07, 6.45) is -0.337. The number of ether oxygens (including phenoxy) is 3. The highest BCUT2D eigenvalue weighted by atomic mass is 16.6. The van der Waals surface area contributed by atoms with Crippen molar-refractivity contribution >= 4 is 23.9 Å². The van der Waals surface area contributed by atoms with Crippen molar-refractivity contribution in [1.82, 2.24) is 10.2 Å². The van der Waals surface area contributed by atoms with Gasteiger partial charge in [-0.15, -0.1) is 0 Å². The van der Waals surface area contributed by atoms with Gasteiger partial charge in [-0.1, -0.05) is 0 Å². The summed E-state index contributed by atoms with van der Waals surface area (Å²) in [5.74, 6) is -2.63. The molecule has 0 aromatic rings. The van der Waals surface area contributed by atoms with Gasteiger partial charge in [0.15, 0.2) is 0 Å². The zero-order chi connectivity index (χ0) is 23.1. The third-order valence-corrected chi connectivity index (χ3v) is 6.48. The largest absolute Gasteiger partial charge is 0.469 e. The van der Waals surface area contributed by atoms with Gasteiger partial charge in [0.1, 0.15) is 17.2 Å². The molecule has 2 N–H and O–H groups in total. The van der Waals surface area contributed by atoms with Crippen LogP contribution in [0.15, 0.2) is 0 Å².